The summed E-state index contributed by atoms with van der Waals surface area (Å²) in [6.07, 6.45) is 1.52. The quantitative estimate of drug-likeness (QED) is 0.424. The van der Waals surface area contributed by atoms with Gasteiger partial charge in [0.2, 0.25) is 6.08 Å². The lowest BCUT2D eigenvalue weighted by atomic mass is 9.98. The number of isocyanates is 1. The second kappa shape index (κ2) is 4.33. The highest BCUT2D eigenvalue weighted by Gasteiger charge is 2.18. The van der Waals surface area contributed by atoms with Crippen molar-refractivity contribution in [3.05, 3.63) is 29.8 Å². The van der Waals surface area contributed by atoms with Crippen molar-refractivity contribution < 1.29 is 9.22 Å². The molecule has 0 unspecified atom stereocenters. The van der Waals surface area contributed by atoms with Crippen LogP contribution in [0.1, 0.15) is 19.4 Å². The number of hydrogen-bond donors (Lipinski definition) is 0. The molecule has 0 aliphatic heterocycles. The van der Waals surface area contributed by atoms with Crippen LogP contribution < -0.4 is 0 Å². The summed E-state index contributed by atoms with van der Waals surface area (Å²) in [6, 6.07) is 7.41. The van der Waals surface area contributed by atoms with Crippen LogP contribution in [0.3, 0.4) is 0 Å². The van der Waals surface area contributed by atoms with Crippen molar-refractivity contribution in [2.24, 2.45) is 4.99 Å². The molecule has 3 nitrogen and oxygen atoms in total. The molecule has 0 N–H and O–H groups in total. The lowest BCUT2D eigenvalue weighted by molar-refractivity contribution is 0.123. The Bertz CT molecular complexity index is 370. The fourth-order valence-electron chi connectivity index (χ4n) is 1.12. The van der Waals surface area contributed by atoms with E-state index in [2.05, 4.69) is 4.99 Å². The van der Waals surface area contributed by atoms with Gasteiger partial charge < -0.3 is 4.43 Å². The van der Waals surface area contributed by atoms with Crippen LogP contribution >= 0.6 is 0 Å². The van der Waals surface area contributed by atoms with Crippen LogP contribution in [-0.2, 0) is 14.8 Å². The molecule has 0 saturated carbocycles. The summed E-state index contributed by atoms with van der Waals surface area (Å²) in [4.78, 5) is 13.7. The highest BCUT2D eigenvalue weighted by Crippen LogP contribution is 2.26. The third-order valence-corrected chi connectivity index (χ3v) is 3.25. The van der Waals surface area contributed by atoms with E-state index in [0.29, 0.717) is 16.2 Å². The van der Waals surface area contributed by atoms with Crippen LogP contribution in [0.2, 0.25) is 0 Å². The molecule has 0 heterocycles. The molecule has 0 aliphatic carbocycles. The molecule has 0 radical (unpaired) electrons. The number of benzene rings is 1. The Morgan fingerprint density at radius 1 is 1.50 bits per heavy atom. The monoisotopic (exact) mass is 207 g/mol. The number of carbonyl (C=O) groups excluding carboxylic acids is 1. The molecular formula is C10H13NO2Si. The summed E-state index contributed by atoms with van der Waals surface area (Å²) < 4.78 is 5.46. The number of aliphatic imine (C=N–C) groups is 1. The van der Waals surface area contributed by atoms with Gasteiger partial charge in [-0.1, -0.05) is 12.1 Å². The predicted molar refractivity (Wildman–Crippen MR) is 58.3 cm³/mol. The molecule has 0 bridgehead atoms. The molecule has 74 valence electrons. The van der Waals surface area contributed by atoms with Gasteiger partial charge in [-0.15, -0.1) is 0 Å². The zero-order chi connectivity index (χ0) is 10.6. The Kier molecular flexibility index (Phi) is 3.36. The van der Waals surface area contributed by atoms with Gasteiger partial charge in [-0.3, -0.25) is 0 Å². The van der Waals surface area contributed by atoms with Gasteiger partial charge >= 0.3 is 0 Å². The Morgan fingerprint density at radius 2 is 2.21 bits per heavy atom. The van der Waals surface area contributed by atoms with Crippen molar-refractivity contribution in [2.45, 2.75) is 19.4 Å². The van der Waals surface area contributed by atoms with E-state index in [1.165, 1.54) is 6.08 Å². The fourth-order valence-corrected chi connectivity index (χ4v) is 1.36. The summed E-state index contributed by atoms with van der Waals surface area (Å²) in [5, 5.41) is 0. The molecule has 0 saturated heterocycles. The summed E-state index contributed by atoms with van der Waals surface area (Å²) in [6.45, 7) is 3.98. The minimum absolute atomic E-state index is 0.305. The third-order valence-electron chi connectivity index (χ3n) is 2.23. The topological polar surface area (TPSA) is 38.7 Å². The molecule has 1 rings (SSSR count). The van der Waals surface area contributed by atoms with E-state index in [9.17, 15) is 4.79 Å². The molecule has 1 aromatic rings. The van der Waals surface area contributed by atoms with Crippen molar-refractivity contribution in [1.82, 2.24) is 0 Å². The van der Waals surface area contributed by atoms with Crippen molar-refractivity contribution in [3.8, 4) is 0 Å². The van der Waals surface area contributed by atoms with Gasteiger partial charge in [0.1, 0.15) is 10.5 Å². The minimum atomic E-state index is -0.305. The molecule has 14 heavy (non-hydrogen) atoms. The van der Waals surface area contributed by atoms with Crippen molar-refractivity contribution >= 4 is 22.3 Å². The first-order valence-electron chi connectivity index (χ1n) is 4.34. The summed E-state index contributed by atoms with van der Waals surface area (Å²) in [5.41, 5.74) is 1.33. The second-order valence-electron chi connectivity index (χ2n) is 3.47. The van der Waals surface area contributed by atoms with Crippen molar-refractivity contribution in [2.75, 3.05) is 0 Å². The largest absolute Gasteiger partial charge is 0.419 e. The maximum Gasteiger partial charge on any atom is 0.240 e. The van der Waals surface area contributed by atoms with Gasteiger partial charge in [0, 0.05) is 0 Å². The average molecular weight is 207 g/mol. The maximum absolute atomic E-state index is 10.1. The zero-order valence-electron chi connectivity index (χ0n) is 8.57. The summed E-state index contributed by atoms with van der Waals surface area (Å²) >= 11 is 0. The molecule has 4 heteroatoms. The normalized spacial score (nSPS) is 11.0. The molecule has 0 aromatic heterocycles. The molecule has 0 amide bonds. The van der Waals surface area contributed by atoms with Gasteiger partial charge in [0.15, 0.2) is 0 Å². The first-order valence-corrected chi connectivity index (χ1v) is 5.15. The average Bonchev–Trinajstić information content (AvgIpc) is 2.19. The Morgan fingerprint density at radius 3 is 2.79 bits per heavy atom. The second-order valence-corrected chi connectivity index (χ2v) is 3.88. The Balaban J connectivity index is 3.11. The van der Waals surface area contributed by atoms with Crippen LogP contribution in [0.5, 0.6) is 0 Å². The Labute approximate surface area is 86.4 Å². The van der Waals surface area contributed by atoms with Gasteiger partial charge in [0.25, 0.3) is 0 Å². The Hall–Kier alpha value is -1.22. The van der Waals surface area contributed by atoms with Crippen LogP contribution in [0, 0.1) is 0 Å². The lowest BCUT2D eigenvalue weighted by Crippen LogP contribution is -2.19. The molecule has 0 atom stereocenters. The number of hydrogen-bond acceptors (Lipinski definition) is 3. The van der Waals surface area contributed by atoms with E-state index < -0.39 is 0 Å². The lowest BCUT2D eigenvalue weighted by Gasteiger charge is -2.24. The molecule has 0 spiro atoms. The van der Waals surface area contributed by atoms with E-state index in [-0.39, 0.29) is 5.60 Å². The summed E-state index contributed by atoms with van der Waals surface area (Å²) in [7, 11) is 0.675. The van der Waals surface area contributed by atoms with E-state index in [0.717, 1.165) is 5.56 Å². The first-order chi connectivity index (χ1) is 6.60. The van der Waals surface area contributed by atoms with Crippen molar-refractivity contribution in [3.63, 3.8) is 0 Å². The highest BCUT2D eigenvalue weighted by atomic mass is 28.2. The van der Waals surface area contributed by atoms with Crippen LogP contribution in [0.4, 0.5) is 5.69 Å². The van der Waals surface area contributed by atoms with Gasteiger partial charge in [-0.05, 0) is 31.5 Å². The van der Waals surface area contributed by atoms with Gasteiger partial charge in [-0.25, -0.2) is 4.79 Å². The van der Waals surface area contributed by atoms with E-state index in [4.69, 9.17) is 4.43 Å². The standard InChI is InChI=1S/C10H13NO2Si/c1-10(2,13-14)8-4-3-5-9(6-8)11-7-12/h3-6H,1-2,14H3. The number of nitrogens with zero attached hydrogens (tertiary/aromatic N) is 1. The third kappa shape index (κ3) is 2.39. The smallest absolute Gasteiger partial charge is 0.240 e. The van der Waals surface area contributed by atoms with Gasteiger partial charge in [-0.2, -0.15) is 4.99 Å². The van der Waals surface area contributed by atoms with Crippen molar-refractivity contribution in [1.29, 1.82) is 0 Å². The first kappa shape index (κ1) is 10.9. The van der Waals surface area contributed by atoms with Crippen LogP contribution in [0.15, 0.2) is 29.3 Å². The maximum atomic E-state index is 10.1. The van der Waals surface area contributed by atoms with Crippen LogP contribution in [-0.4, -0.2) is 16.6 Å². The molecule has 1 aromatic carbocycles. The summed E-state index contributed by atoms with van der Waals surface area (Å²) in [5.74, 6) is 0. The van der Waals surface area contributed by atoms with E-state index in [1.54, 1.807) is 6.07 Å². The van der Waals surface area contributed by atoms with Gasteiger partial charge in [0.05, 0.1) is 11.3 Å². The molecule has 0 fully saturated rings. The van der Waals surface area contributed by atoms with Crippen LogP contribution in [0.25, 0.3) is 0 Å². The zero-order valence-corrected chi connectivity index (χ0v) is 10.6. The SMILES string of the molecule is CC(C)(O[SiH3])c1cccc(N=C=O)c1. The van der Waals surface area contributed by atoms with E-state index in [1.807, 2.05) is 32.0 Å². The molecule has 0 aliphatic rings. The molecular weight excluding hydrogens is 194 g/mol. The highest BCUT2D eigenvalue weighted by molar-refractivity contribution is 5.98. The number of rotatable bonds is 3. The fraction of sp³-hybridized carbons (Fsp3) is 0.300. The predicted octanol–water partition coefficient (Wildman–Crippen LogP) is 1.19. The van der Waals surface area contributed by atoms with E-state index >= 15 is 0 Å². The minimum Gasteiger partial charge on any atom is -0.419 e.